The third-order valence-electron chi connectivity index (χ3n) is 3.75. The molecule has 1 aliphatic rings. The van der Waals surface area contributed by atoms with E-state index in [-0.39, 0.29) is 27.2 Å². The van der Waals surface area contributed by atoms with Gasteiger partial charge in [0.15, 0.2) is 11.5 Å². The Hall–Kier alpha value is -1.82. The first-order valence-corrected chi connectivity index (χ1v) is 9.30. The number of pyridine rings is 1. The Bertz CT molecular complexity index is 1060. The normalized spacial score (nSPS) is 15.3. The van der Waals surface area contributed by atoms with Gasteiger partial charge < -0.3 is 13.5 Å². The lowest BCUT2D eigenvalue weighted by Crippen LogP contribution is -2.29. The summed E-state index contributed by atoms with van der Waals surface area (Å²) >= 11 is 2.95. The summed E-state index contributed by atoms with van der Waals surface area (Å²) in [5, 5.41) is -0.332. The van der Waals surface area contributed by atoms with Gasteiger partial charge in [-0.05, 0) is 34.8 Å². The number of methoxy groups -OCH3 is 1. The van der Waals surface area contributed by atoms with E-state index < -0.39 is 32.8 Å². The van der Waals surface area contributed by atoms with Crippen LogP contribution in [0.2, 0.25) is 0 Å². The van der Waals surface area contributed by atoms with Crippen molar-refractivity contribution >= 4 is 37.0 Å². The minimum Gasteiger partial charge on any atom is -0.493 e. The van der Waals surface area contributed by atoms with Gasteiger partial charge >= 0.3 is 15.6 Å². The van der Waals surface area contributed by atoms with Crippen molar-refractivity contribution in [3.8, 4) is 11.5 Å². The maximum atomic E-state index is 14.2. The number of aromatic nitrogens is 1. The molecule has 1 fully saturated rings. The fourth-order valence-electron chi connectivity index (χ4n) is 2.51. The van der Waals surface area contributed by atoms with Crippen LogP contribution in [0.5, 0.6) is 11.5 Å². The Morgan fingerprint density at radius 1 is 1.27 bits per heavy atom. The van der Waals surface area contributed by atoms with Crippen LogP contribution < -0.4 is 14.5 Å². The minimum atomic E-state index is -6.04. The molecule has 12 heteroatoms. The second-order valence-corrected chi connectivity index (χ2v) is 7.86. The van der Waals surface area contributed by atoms with Crippen molar-refractivity contribution in [2.75, 3.05) is 7.11 Å². The van der Waals surface area contributed by atoms with E-state index in [0.717, 1.165) is 6.07 Å². The maximum absolute atomic E-state index is 14.2. The molecule has 2 aromatic rings. The molecule has 0 bridgehead atoms. The first-order chi connectivity index (χ1) is 12.0. The molecular formula is C14H10BrF4NO5S. The molecule has 0 atom stereocenters. The molecule has 3 rings (SSSR count). The molecule has 1 aromatic carbocycles. The highest BCUT2D eigenvalue weighted by molar-refractivity contribution is 9.10. The number of hydrogen-bond donors (Lipinski definition) is 0. The van der Waals surface area contributed by atoms with Gasteiger partial charge in [-0.15, -0.1) is 0 Å². The van der Waals surface area contributed by atoms with Crippen molar-refractivity contribution in [3.63, 3.8) is 0 Å². The lowest BCUT2D eigenvalue weighted by atomic mass is 10.1. The number of hydrogen-bond acceptors (Lipinski definition) is 5. The van der Waals surface area contributed by atoms with E-state index in [0.29, 0.717) is 18.9 Å². The summed E-state index contributed by atoms with van der Waals surface area (Å²) < 4.78 is 84.9. The molecule has 1 saturated carbocycles. The number of halogens is 5. The molecule has 0 aliphatic heterocycles. The molecule has 0 radical (unpaired) electrons. The molecule has 142 valence electrons. The summed E-state index contributed by atoms with van der Waals surface area (Å²) in [6.07, 6.45) is 1.27. The van der Waals surface area contributed by atoms with Crippen LogP contribution in [-0.4, -0.2) is 25.6 Å². The zero-order valence-electron chi connectivity index (χ0n) is 12.9. The van der Waals surface area contributed by atoms with E-state index in [4.69, 9.17) is 4.74 Å². The molecule has 0 spiro atoms. The van der Waals surface area contributed by atoms with Crippen LogP contribution in [0, 0.1) is 5.82 Å². The Labute approximate surface area is 152 Å². The zero-order chi connectivity index (χ0) is 19.4. The van der Waals surface area contributed by atoms with Gasteiger partial charge in [0.05, 0.1) is 17.1 Å². The fraction of sp³-hybridized carbons (Fsp3) is 0.357. The van der Waals surface area contributed by atoms with Crippen LogP contribution in [-0.2, 0) is 10.1 Å². The predicted molar refractivity (Wildman–Crippen MR) is 86.3 cm³/mol. The van der Waals surface area contributed by atoms with Crippen LogP contribution in [0.15, 0.2) is 21.4 Å². The SMILES string of the molecule is COc1c(Br)c(F)cc2c(OS(=O)(=O)C(F)(F)F)cc(=O)n(C3CC3)c12. The summed E-state index contributed by atoms with van der Waals surface area (Å²) in [5.74, 6) is -2.01. The summed E-state index contributed by atoms with van der Waals surface area (Å²) in [6.45, 7) is 0. The average molecular weight is 460 g/mol. The first kappa shape index (κ1) is 19.0. The number of rotatable bonds is 4. The standard InChI is InChI=1S/C14H10BrF4NO5S/c1-24-13-11(15)8(16)4-7-9(25-26(22,23)14(17,18)19)5-10(21)20(12(7)13)6-2-3-6/h4-6H,2-3H2,1H3. The van der Waals surface area contributed by atoms with E-state index in [1.165, 1.54) is 11.7 Å². The molecule has 26 heavy (non-hydrogen) atoms. The Morgan fingerprint density at radius 2 is 1.88 bits per heavy atom. The number of nitrogens with zero attached hydrogens (tertiary/aromatic N) is 1. The van der Waals surface area contributed by atoms with Crippen LogP contribution >= 0.6 is 15.9 Å². The quantitative estimate of drug-likeness (QED) is 0.397. The molecule has 1 aliphatic carbocycles. The molecule has 1 heterocycles. The lowest BCUT2D eigenvalue weighted by Gasteiger charge is -2.17. The fourth-order valence-corrected chi connectivity index (χ4v) is 3.44. The highest BCUT2D eigenvalue weighted by atomic mass is 79.9. The number of benzene rings is 1. The van der Waals surface area contributed by atoms with Crippen LogP contribution in [0.1, 0.15) is 18.9 Å². The van der Waals surface area contributed by atoms with Gasteiger partial charge in [-0.1, -0.05) is 0 Å². The van der Waals surface area contributed by atoms with Crippen molar-refractivity contribution in [1.29, 1.82) is 0 Å². The Morgan fingerprint density at radius 3 is 2.38 bits per heavy atom. The Balaban J connectivity index is 2.38. The summed E-state index contributed by atoms with van der Waals surface area (Å²) in [5.41, 5.74) is -6.55. The van der Waals surface area contributed by atoms with Crippen LogP contribution in [0.25, 0.3) is 10.9 Å². The van der Waals surface area contributed by atoms with Crippen molar-refractivity contribution in [3.05, 3.63) is 32.8 Å². The monoisotopic (exact) mass is 459 g/mol. The second kappa shape index (κ2) is 6.12. The van der Waals surface area contributed by atoms with E-state index >= 15 is 0 Å². The van der Waals surface area contributed by atoms with Gasteiger partial charge in [0.2, 0.25) is 0 Å². The van der Waals surface area contributed by atoms with Crippen LogP contribution in [0.4, 0.5) is 17.6 Å². The highest BCUT2D eigenvalue weighted by Crippen LogP contribution is 2.44. The average Bonchev–Trinajstić information content (AvgIpc) is 3.33. The van der Waals surface area contributed by atoms with Gasteiger partial charge in [0.1, 0.15) is 5.82 Å². The van der Waals surface area contributed by atoms with Gasteiger partial charge in [-0.25, -0.2) is 4.39 Å². The predicted octanol–water partition coefficient (Wildman–Crippen LogP) is 3.48. The topological polar surface area (TPSA) is 74.6 Å². The molecular weight excluding hydrogens is 450 g/mol. The molecule has 6 nitrogen and oxygen atoms in total. The van der Waals surface area contributed by atoms with Gasteiger partial charge in [0, 0.05) is 17.5 Å². The van der Waals surface area contributed by atoms with Crippen molar-refractivity contribution in [2.24, 2.45) is 0 Å². The van der Waals surface area contributed by atoms with E-state index in [1.54, 1.807) is 0 Å². The summed E-state index contributed by atoms with van der Waals surface area (Å²) in [6, 6.07) is 1.13. The van der Waals surface area contributed by atoms with Gasteiger partial charge in [0.25, 0.3) is 5.56 Å². The number of fused-ring (bicyclic) bond motifs is 1. The third kappa shape index (κ3) is 3.04. The molecule has 0 N–H and O–H groups in total. The smallest absolute Gasteiger partial charge is 0.493 e. The first-order valence-electron chi connectivity index (χ1n) is 7.10. The van der Waals surface area contributed by atoms with E-state index in [1.807, 2.05) is 0 Å². The minimum absolute atomic E-state index is 0.0526. The van der Waals surface area contributed by atoms with Gasteiger partial charge in [-0.3, -0.25) is 4.79 Å². The number of alkyl halides is 3. The molecule has 1 aromatic heterocycles. The van der Waals surface area contributed by atoms with Crippen molar-refractivity contribution < 1.29 is 34.9 Å². The van der Waals surface area contributed by atoms with Crippen molar-refractivity contribution in [2.45, 2.75) is 24.4 Å². The van der Waals surface area contributed by atoms with Crippen LogP contribution in [0.3, 0.4) is 0 Å². The van der Waals surface area contributed by atoms with Gasteiger partial charge in [-0.2, -0.15) is 21.6 Å². The number of ether oxygens (including phenoxy) is 1. The second-order valence-electron chi connectivity index (χ2n) is 5.53. The Kier molecular flexibility index (Phi) is 4.46. The summed E-state index contributed by atoms with van der Waals surface area (Å²) in [4.78, 5) is 12.4. The van der Waals surface area contributed by atoms with E-state index in [9.17, 15) is 30.8 Å². The lowest BCUT2D eigenvalue weighted by molar-refractivity contribution is -0.0499. The molecule has 0 saturated heterocycles. The highest BCUT2D eigenvalue weighted by Gasteiger charge is 2.49. The largest absolute Gasteiger partial charge is 0.534 e. The summed E-state index contributed by atoms with van der Waals surface area (Å²) in [7, 11) is -4.86. The maximum Gasteiger partial charge on any atom is 0.534 e. The van der Waals surface area contributed by atoms with Crippen molar-refractivity contribution in [1.82, 2.24) is 4.57 Å². The molecule has 0 amide bonds. The third-order valence-corrected chi connectivity index (χ3v) is 5.45. The zero-order valence-corrected chi connectivity index (χ0v) is 15.3. The molecule has 0 unspecified atom stereocenters. The van der Waals surface area contributed by atoms with E-state index in [2.05, 4.69) is 20.1 Å².